The van der Waals surface area contributed by atoms with E-state index in [1.807, 2.05) is 0 Å². The van der Waals surface area contributed by atoms with Gasteiger partial charge in [-0.25, -0.2) is 0 Å². The van der Waals surface area contributed by atoms with E-state index in [-0.39, 0.29) is 5.91 Å². The molecule has 0 aliphatic rings. The predicted octanol–water partition coefficient (Wildman–Crippen LogP) is 3.18. The number of hydrogen-bond donors (Lipinski definition) is 2. The lowest BCUT2D eigenvalue weighted by Crippen LogP contribution is -2.26. The van der Waals surface area contributed by atoms with E-state index in [0.717, 1.165) is 17.9 Å². The molecule has 0 saturated heterocycles. The number of nitrogens with two attached hydrogens (primary N) is 1. The highest BCUT2D eigenvalue weighted by Crippen LogP contribution is 2.27. The van der Waals surface area contributed by atoms with Gasteiger partial charge in [-0.1, -0.05) is 25.4 Å². The van der Waals surface area contributed by atoms with Gasteiger partial charge in [-0.15, -0.1) is 11.8 Å². The van der Waals surface area contributed by atoms with Crippen LogP contribution in [0.1, 0.15) is 20.3 Å². The molecule has 0 atom stereocenters. The highest BCUT2D eigenvalue weighted by Gasteiger charge is 2.06. The monoisotopic (exact) mass is 286 g/mol. The number of carbonyl (C=O) groups is 1. The lowest BCUT2D eigenvalue weighted by Gasteiger charge is -2.08. The average Bonchev–Trinajstić information content (AvgIpc) is 2.30. The Bertz CT molecular complexity index is 410. The lowest BCUT2D eigenvalue weighted by atomic mass is 10.1. The standard InChI is InChI=1S/C13H19ClN2OS/c1-9(2)5-6-16-13(17)8-18-12-7-10(14)3-4-11(12)15/h3-4,7,9H,5-6,8,15H2,1-2H3,(H,16,17). The van der Waals surface area contributed by atoms with Crippen molar-refractivity contribution in [2.24, 2.45) is 5.92 Å². The molecule has 3 N–H and O–H groups in total. The van der Waals surface area contributed by atoms with Gasteiger partial charge >= 0.3 is 0 Å². The van der Waals surface area contributed by atoms with Gasteiger partial charge in [0.15, 0.2) is 0 Å². The minimum atomic E-state index is 0.0278. The van der Waals surface area contributed by atoms with E-state index < -0.39 is 0 Å². The molecule has 0 heterocycles. The Hall–Kier alpha value is -0.870. The summed E-state index contributed by atoms with van der Waals surface area (Å²) in [6.45, 7) is 4.99. The molecule has 0 aliphatic carbocycles. The fraction of sp³-hybridized carbons (Fsp3) is 0.462. The fourth-order valence-corrected chi connectivity index (χ4v) is 2.40. The number of amides is 1. The zero-order valence-corrected chi connectivity index (χ0v) is 12.3. The van der Waals surface area contributed by atoms with Gasteiger partial charge in [-0.05, 0) is 30.5 Å². The van der Waals surface area contributed by atoms with E-state index >= 15 is 0 Å². The molecule has 1 aromatic carbocycles. The van der Waals surface area contributed by atoms with Crippen LogP contribution in [0.5, 0.6) is 0 Å². The van der Waals surface area contributed by atoms with Crippen molar-refractivity contribution in [2.45, 2.75) is 25.2 Å². The first kappa shape index (κ1) is 15.2. The first-order valence-corrected chi connectivity index (χ1v) is 7.30. The van der Waals surface area contributed by atoms with Crippen LogP contribution in [0.25, 0.3) is 0 Å². The number of anilines is 1. The number of thioether (sulfide) groups is 1. The maximum atomic E-state index is 11.6. The summed E-state index contributed by atoms with van der Waals surface area (Å²) in [5, 5.41) is 3.52. The van der Waals surface area contributed by atoms with Crippen molar-refractivity contribution in [3.63, 3.8) is 0 Å². The number of halogens is 1. The third-order valence-corrected chi connectivity index (χ3v) is 3.68. The summed E-state index contributed by atoms with van der Waals surface area (Å²) in [5.74, 6) is 0.990. The second-order valence-electron chi connectivity index (χ2n) is 4.50. The normalized spacial score (nSPS) is 10.7. The van der Waals surface area contributed by atoms with Crippen LogP contribution >= 0.6 is 23.4 Å². The molecule has 0 spiro atoms. The largest absolute Gasteiger partial charge is 0.398 e. The Morgan fingerprint density at radius 3 is 2.89 bits per heavy atom. The third kappa shape index (κ3) is 5.65. The van der Waals surface area contributed by atoms with Crippen LogP contribution in [0.4, 0.5) is 5.69 Å². The molecule has 1 aromatic rings. The summed E-state index contributed by atoms with van der Waals surface area (Å²) in [5.41, 5.74) is 6.46. The van der Waals surface area contributed by atoms with Crippen molar-refractivity contribution in [3.05, 3.63) is 23.2 Å². The van der Waals surface area contributed by atoms with E-state index in [4.69, 9.17) is 17.3 Å². The van der Waals surface area contributed by atoms with Crippen LogP contribution in [-0.2, 0) is 4.79 Å². The summed E-state index contributed by atoms with van der Waals surface area (Å²) >= 11 is 7.29. The first-order valence-electron chi connectivity index (χ1n) is 5.93. The maximum absolute atomic E-state index is 11.6. The van der Waals surface area contributed by atoms with Gasteiger partial charge in [-0.2, -0.15) is 0 Å². The van der Waals surface area contributed by atoms with Crippen LogP contribution in [0.15, 0.2) is 23.1 Å². The van der Waals surface area contributed by atoms with Crippen molar-refractivity contribution >= 4 is 35.0 Å². The minimum Gasteiger partial charge on any atom is -0.398 e. The second-order valence-corrected chi connectivity index (χ2v) is 5.96. The number of rotatable bonds is 6. The van der Waals surface area contributed by atoms with E-state index in [1.54, 1.807) is 18.2 Å². The van der Waals surface area contributed by atoms with Gasteiger partial charge in [0.25, 0.3) is 0 Å². The van der Waals surface area contributed by atoms with Gasteiger partial charge < -0.3 is 11.1 Å². The average molecular weight is 287 g/mol. The predicted molar refractivity (Wildman–Crippen MR) is 79.1 cm³/mol. The van der Waals surface area contributed by atoms with E-state index in [0.29, 0.717) is 22.4 Å². The zero-order valence-electron chi connectivity index (χ0n) is 10.7. The van der Waals surface area contributed by atoms with Gasteiger partial charge in [0.2, 0.25) is 5.91 Å². The van der Waals surface area contributed by atoms with Crippen LogP contribution in [0.3, 0.4) is 0 Å². The molecule has 0 radical (unpaired) electrons. The minimum absolute atomic E-state index is 0.0278. The van der Waals surface area contributed by atoms with Gasteiger partial charge in [0.1, 0.15) is 0 Å². The fourth-order valence-electron chi connectivity index (χ4n) is 1.33. The molecule has 0 unspecified atom stereocenters. The van der Waals surface area contributed by atoms with Crippen LogP contribution < -0.4 is 11.1 Å². The Morgan fingerprint density at radius 2 is 2.22 bits per heavy atom. The number of hydrogen-bond acceptors (Lipinski definition) is 3. The zero-order chi connectivity index (χ0) is 13.5. The molecular weight excluding hydrogens is 268 g/mol. The molecule has 0 aromatic heterocycles. The van der Waals surface area contributed by atoms with Gasteiger partial charge in [0, 0.05) is 22.2 Å². The Balaban J connectivity index is 2.36. The maximum Gasteiger partial charge on any atom is 0.230 e. The van der Waals surface area contributed by atoms with Crippen LogP contribution in [-0.4, -0.2) is 18.2 Å². The van der Waals surface area contributed by atoms with E-state index in [1.165, 1.54) is 11.8 Å². The van der Waals surface area contributed by atoms with Gasteiger partial charge in [-0.3, -0.25) is 4.79 Å². The Kier molecular flexibility index (Phi) is 6.36. The molecule has 0 fully saturated rings. The van der Waals surface area contributed by atoms with Crippen molar-refractivity contribution in [1.29, 1.82) is 0 Å². The number of carbonyl (C=O) groups excluding carboxylic acids is 1. The molecule has 1 rings (SSSR count). The molecule has 18 heavy (non-hydrogen) atoms. The number of benzene rings is 1. The van der Waals surface area contributed by atoms with Crippen molar-refractivity contribution in [1.82, 2.24) is 5.32 Å². The van der Waals surface area contributed by atoms with Crippen molar-refractivity contribution in [3.8, 4) is 0 Å². The van der Waals surface area contributed by atoms with Crippen molar-refractivity contribution in [2.75, 3.05) is 18.0 Å². The topological polar surface area (TPSA) is 55.1 Å². The highest BCUT2D eigenvalue weighted by molar-refractivity contribution is 8.00. The van der Waals surface area contributed by atoms with E-state index in [2.05, 4.69) is 19.2 Å². The summed E-state index contributed by atoms with van der Waals surface area (Å²) in [4.78, 5) is 12.4. The molecule has 1 amide bonds. The van der Waals surface area contributed by atoms with Crippen LogP contribution in [0, 0.1) is 5.92 Å². The quantitative estimate of drug-likeness (QED) is 0.624. The molecular formula is C13H19ClN2OS. The molecule has 0 aliphatic heterocycles. The SMILES string of the molecule is CC(C)CCNC(=O)CSc1cc(Cl)ccc1N. The summed E-state index contributed by atoms with van der Waals surface area (Å²) in [6, 6.07) is 5.27. The number of nitrogen functional groups attached to an aromatic ring is 1. The molecule has 100 valence electrons. The van der Waals surface area contributed by atoms with Crippen molar-refractivity contribution < 1.29 is 4.79 Å². The lowest BCUT2D eigenvalue weighted by molar-refractivity contribution is -0.118. The van der Waals surface area contributed by atoms with E-state index in [9.17, 15) is 4.79 Å². The molecule has 0 bridgehead atoms. The summed E-state index contributed by atoms with van der Waals surface area (Å²) in [6.07, 6.45) is 0.996. The Morgan fingerprint density at radius 1 is 1.50 bits per heavy atom. The first-order chi connectivity index (χ1) is 8.49. The second kappa shape index (κ2) is 7.54. The third-order valence-electron chi connectivity index (χ3n) is 2.38. The highest BCUT2D eigenvalue weighted by atomic mass is 35.5. The Labute approximate surface area is 117 Å². The molecule has 5 heteroatoms. The summed E-state index contributed by atoms with van der Waals surface area (Å²) in [7, 11) is 0. The molecule has 3 nitrogen and oxygen atoms in total. The van der Waals surface area contributed by atoms with Crippen LogP contribution in [0.2, 0.25) is 5.02 Å². The smallest absolute Gasteiger partial charge is 0.230 e. The van der Waals surface area contributed by atoms with Gasteiger partial charge in [0.05, 0.1) is 5.75 Å². The summed E-state index contributed by atoms with van der Waals surface area (Å²) < 4.78 is 0. The molecule has 0 saturated carbocycles. The number of nitrogens with one attached hydrogen (secondary N) is 1.